The van der Waals surface area contributed by atoms with Crippen LogP contribution in [0.2, 0.25) is 0 Å². The van der Waals surface area contributed by atoms with E-state index < -0.39 is 0 Å². The predicted octanol–water partition coefficient (Wildman–Crippen LogP) is -0.643. The van der Waals surface area contributed by atoms with Crippen LogP contribution < -0.4 is 5.32 Å². The van der Waals surface area contributed by atoms with Crippen LogP contribution in [0.25, 0.3) is 0 Å². The lowest BCUT2D eigenvalue weighted by Crippen LogP contribution is -2.38. The molecular weight excluding hydrogens is 168 g/mol. The minimum atomic E-state index is -0.344. The molecule has 0 saturated carbocycles. The zero-order valence-electron chi connectivity index (χ0n) is 7.54. The Labute approximate surface area is 77.3 Å². The maximum atomic E-state index is 11.2. The van der Waals surface area contributed by atoms with Gasteiger partial charge in [-0.05, 0) is 12.8 Å². The molecule has 2 amide bonds. The fourth-order valence-electron chi connectivity index (χ4n) is 1.37. The van der Waals surface area contributed by atoms with Crippen LogP contribution in [0.3, 0.4) is 0 Å². The summed E-state index contributed by atoms with van der Waals surface area (Å²) in [5.74, 6) is 1.68. The molecule has 0 aromatic carbocycles. The Balaban J connectivity index is 2.70. The van der Waals surface area contributed by atoms with E-state index in [-0.39, 0.29) is 17.9 Å². The molecule has 0 spiro atoms. The smallest absolute Gasteiger partial charge is 0.298 e. The second-order valence-electron chi connectivity index (χ2n) is 3.05. The normalized spacial score (nSPS) is 22.9. The third-order valence-electron chi connectivity index (χ3n) is 2.07. The van der Waals surface area contributed by atoms with E-state index in [9.17, 15) is 9.59 Å². The lowest BCUT2D eigenvalue weighted by Gasteiger charge is -2.23. The van der Waals surface area contributed by atoms with Gasteiger partial charge in [0.25, 0.3) is 5.91 Å². The quantitative estimate of drug-likeness (QED) is 0.504. The van der Waals surface area contributed by atoms with Crippen LogP contribution >= 0.6 is 0 Å². The van der Waals surface area contributed by atoms with E-state index in [1.165, 1.54) is 4.90 Å². The van der Waals surface area contributed by atoms with Crippen molar-refractivity contribution >= 4 is 11.8 Å². The third-order valence-corrected chi connectivity index (χ3v) is 2.07. The van der Waals surface area contributed by atoms with Gasteiger partial charge in [-0.25, -0.2) is 0 Å². The molecule has 4 nitrogen and oxygen atoms in total. The lowest BCUT2D eigenvalue weighted by atomic mass is 10.2. The van der Waals surface area contributed by atoms with Gasteiger partial charge >= 0.3 is 0 Å². The molecule has 4 heteroatoms. The summed E-state index contributed by atoms with van der Waals surface area (Å²) in [6.45, 7) is 2.80. The van der Waals surface area contributed by atoms with Crippen LogP contribution in [0.1, 0.15) is 13.3 Å². The van der Waals surface area contributed by atoms with Gasteiger partial charge in [0.1, 0.15) is 0 Å². The summed E-state index contributed by atoms with van der Waals surface area (Å²) in [5.41, 5.74) is 0. The van der Waals surface area contributed by atoms with Crippen molar-refractivity contribution in [2.75, 3.05) is 13.1 Å². The Hall–Kier alpha value is -1.50. The molecule has 0 aromatic rings. The Morgan fingerprint density at radius 1 is 1.77 bits per heavy atom. The highest BCUT2D eigenvalue weighted by Crippen LogP contribution is 2.06. The largest absolute Gasteiger partial charge is 0.354 e. The predicted molar refractivity (Wildman–Crippen MR) is 47.6 cm³/mol. The number of rotatable bonds is 0. The first-order chi connectivity index (χ1) is 6.15. The molecule has 1 atom stereocenters. The summed E-state index contributed by atoms with van der Waals surface area (Å²) in [6, 6.07) is -0.106. The zero-order valence-corrected chi connectivity index (χ0v) is 7.54. The Kier molecular flexibility index (Phi) is 2.91. The van der Waals surface area contributed by atoms with Crippen LogP contribution in [0.15, 0.2) is 0 Å². The van der Waals surface area contributed by atoms with Crippen molar-refractivity contribution in [3.8, 4) is 12.3 Å². The van der Waals surface area contributed by atoms with Crippen LogP contribution in [-0.4, -0.2) is 35.8 Å². The third kappa shape index (κ3) is 2.22. The first-order valence-electron chi connectivity index (χ1n) is 4.19. The van der Waals surface area contributed by atoms with E-state index in [0.717, 1.165) is 0 Å². The SMILES string of the molecule is C#CC(=O)N1CCNC(=O)CC1C. The van der Waals surface area contributed by atoms with Gasteiger partial charge in [-0.2, -0.15) is 0 Å². The van der Waals surface area contributed by atoms with E-state index in [2.05, 4.69) is 11.2 Å². The fraction of sp³-hybridized carbons (Fsp3) is 0.556. The average molecular weight is 180 g/mol. The standard InChI is InChI=1S/C9H12N2O2/c1-3-9(13)11-5-4-10-8(12)6-7(11)2/h1,7H,4-6H2,2H3,(H,10,12). The van der Waals surface area contributed by atoms with Crippen LogP contribution in [0.4, 0.5) is 0 Å². The summed E-state index contributed by atoms with van der Waals surface area (Å²) >= 11 is 0. The molecule has 1 fully saturated rings. The fourth-order valence-corrected chi connectivity index (χ4v) is 1.37. The second kappa shape index (κ2) is 3.94. The molecule has 13 heavy (non-hydrogen) atoms. The monoisotopic (exact) mass is 180 g/mol. The second-order valence-corrected chi connectivity index (χ2v) is 3.05. The summed E-state index contributed by atoms with van der Waals surface area (Å²) in [4.78, 5) is 23.8. The van der Waals surface area contributed by atoms with Crippen LogP contribution in [-0.2, 0) is 9.59 Å². The van der Waals surface area contributed by atoms with Crippen molar-refractivity contribution in [1.82, 2.24) is 10.2 Å². The molecule has 1 rings (SSSR count). The van der Waals surface area contributed by atoms with Crippen LogP contribution in [0, 0.1) is 12.3 Å². The maximum Gasteiger partial charge on any atom is 0.298 e. The average Bonchev–Trinajstić information content (AvgIpc) is 2.25. The van der Waals surface area contributed by atoms with Crippen LogP contribution in [0.5, 0.6) is 0 Å². The molecule has 70 valence electrons. The topological polar surface area (TPSA) is 49.4 Å². The molecule has 0 aromatic heterocycles. The van der Waals surface area contributed by atoms with Gasteiger partial charge in [0.05, 0.1) is 0 Å². The van der Waals surface area contributed by atoms with Crippen molar-refractivity contribution in [1.29, 1.82) is 0 Å². The van der Waals surface area contributed by atoms with E-state index in [4.69, 9.17) is 6.42 Å². The number of terminal acetylenes is 1. The van der Waals surface area contributed by atoms with Crippen molar-refractivity contribution < 1.29 is 9.59 Å². The molecule has 1 heterocycles. The van der Waals surface area contributed by atoms with Gasteiger partial charge in [0.2, 0.25) is 5.91 Å². The summed E-state index contributed by atoms with van der Waals surface area (Å²) in [7, 11) is 0. The highest BCUT2D eigenvalue weighted by atomic mass is 16.2. The van der Waals surface area contributed by atoms with Gasteiger partial charge in [0.15, 0.2) is 0 Å². The van der Waals surface area contributed by atoms with Gasteiger partial charge < -0.3 is 10.2 Å². The van der Waals surface area contributed by atoms with Crippen molar-refractivity contribution in [2.45, 2.75) is 19.4 Å². The van der Waals surface area contributed by atoms with E-state index in [0.29, 0.717) is 19.5 Å². The molecule has 0 radical (unpaired) electrons. The number of carbonyl (C=O) groups is 2. The highest BCUT2D eigenvalue weighted by molar-refractivity contribution is 5.93. The lowest BCUT2D eigenvalue weighted by molar-refractivity contribution is -0.127. The summed E-state index contributed by atoms with van der Waals surface area (Å²) in [5, 5.41) is 2.68. The van der Waals surface area contributed by atoms with E-state index >= 15 is 0 Å². The number of amides is 2. The van der Waals surface area contributed by atoms with Crippen molar-refractivity contribution in [3.63, 3.8) is 0 Å². The zero-order chi connectivity index (χ0) is 9.84. The van der Waals surface area contributed by atoms with Gasteiger partial charge in [-0.1, -0.05) is 0 Å². The minimum absolute atomic E-state index is 0.0279. The van der Waals surface area contributed by atoms with Gasteiger partial charge in [0, 0.05) is 25.6 Å². The molecule has 0 bridgehead atoms. The molecule has 1 saturated heterocycles. The molecule has 1 N–H and O–H groups in total. The number of carbonyl (C=O) groups excluding carboxylic acids is 2. The molecular formula is C9H12N2O2. The number of nitrogens with one attached hydrogen (secondary N) is 1. The minimum Gasteiger partial charge on any atom is -0.354 e. The Bertz CT molecular complexity index is 267. The van der Waals surface area contributed by atoms with E-state index in [1.807, 2.05) is 6.92 Å². The molecule has 1 aliphatic rings. The number of nitrogens with zero attached hydrogens (tertiary/aromatic N) is 1. The highest BCUT2D eigenvalue weighted by Gasteiger charge is 2.23. The summed E-state index contributed by atoms with van der Waals surface area (Å²) < 4.78 is 0. The Morgan fingerprint density at radius 3 is 3.08 bits per heavy atom. The molecule has 0 aliphatic carbocycles. The number of hydrogen-bond acceptors (Lipinski definition) is 2. The van der Waals surface area contributed by atoms with Crippen molar-refractivity contribution in [3.05, 3.63) is 0 Å². The summed E-state index contributed by atoms with van der Waals surface area (Å²) in [6.07, 6.45) is 5.33. The Morgan fingerprint density at radius 2 is 2.46 bits per heavy atom. The van der Waals surface area contributed by atoms with Gasteiger partial charge in [-0.3, -0.25) is 9.59 Å². The van der Waals surface area contributed by atoms with E-state index in [1.54, 1.807) is 0 Å². The maximum absolute atomic E-state index is 11.2. The van der Waals surface area contributed by atoms with Gasteiger partial charge in [-0.15, -0.1) is 6.42 Å². The first kappa shape index (κ1) is 9.59. The number of hydrogen-bond donors (Lipinski definition) is 1. The first-order valence-corrected chi connectivity index (χ1v) is 4.19. The molecule has 1 aliphatic heterocycles. The van der Waals surface area contributed by atoms with Crippen molar-refractivity contribution in [2.24, 2.45) is 0 Å². The molecule has 1 unspecified atom stereocenters.